The third-order valence-corrected chi connectivity index (χ3v) is 11.8. The van der Waals surface area contributed by atoms with E-state index in [2.05, 4.69) is 256 Å². The molecule has 2 atom stereocenters. The van der Waals surface area contributed by atoms with Crippen molar-refractivity contribution < 1.29 is 4.74 Å². The highest BCUT2D eigenvalue weighted by atomic mass is 16.5. The molecule has 346 valence electrons. The van der Waals surface area contributed by atoms with Crippen molar-refractivity contribution in [2.24, 2.45) is 11.7 Å². The second kappa shape index (κ2) is 24.5. The number of rotatable bonds is 6. The molecule has 0 saturated heterocycles. The van der Waals surface area contributed by atoms with Crippen molar-refractivity contribution in [3.8, 4) is 55.9 Å². The van der Waals surface area contributed by atoms with Crippen molar-refractivity contribution >= 4 is 33.4 Å². The quantitative estimate of drug-likeness (QED) is 0.164. The molecule has 4 heteroatoms. The number of nitrogens with zero attached hydrogens (tertiary/aromatic N) is 1. The maximum Gasteiger partial charge on any atom is 0.196 e. The van der Waals surface area contributed by atoms with Gasteiger partial charge >= 0.3 is 0 Å². The van der Waals surface area contributed by atoms with E-state index in [9.17, 15) is 0 Å². The minimum absolute atomic E-state index is 0.255. The Balaban J connectivity index is 0.000000601. The molecule has 9 aromatic rings. The Morgan fingerprint density at radius 1 is 0.565 bits per heavy atom. The third-order valence-electron chi connectivity index (χ3n) is 11.8. The van der Waals surface area contributed by atoms with Gasteiger partial charge in [-0.15, -0.1) is 39.5 Å². The molecule has 0 radical (unpaired) electrons. The zero-order valence-corrected chi connectivity index (χ0v) is 40.7. The Labute approximate surface area is 410 Å². The van der Waals surface area contributed by atoms with Gasteiger partial charge in [0.1, 0.15) is 5.75 Å². The average molecular weight is 904 g/mol. The number of hydrogen-bond acceptors (Lipinski definition) is 3. The Bertz CT molecular complexity index is 3150. The third kappa shape index (κ3) is 11.0. The van der Waals surface area contributed by atoms with Crippen LogP contribution in [-0.2, 0) is 6.42 Å². The highest BCUT2D eigenvalue weighted by molar-refractivity contribution is 5.93. The Hall–Kier alpha value is -8.18. The zero-order chi connectivity index (χ0) is 49.3. The van der Waals surface area contributed by atoms with Gasteiger partial charge in [0.05, 0.1) is 11.2 Å². The monoisotopic (exact) mass is 904 g/mol. The van der Waals surface area contributed by atoms with Crippen LogP contribution in [0.15, 0.2) is 240 Å². The molecule has 0 spiro atoms. The fourth-order valence-electron chi connectivity index (χ4n) is 8.94. The number of benzene rings is 8. The molecule has 1 aliphatic heterocycles. The highest BCUT2D eigenvalue weighted by Gasteiger charge is 2.25. The minimum Gasteiger partial charge on any atom is -0.464 e. The van der Waals surface area contributed by atoms with E-state index < -0.39 is 0 Å². The number of hydrogen-bond donors (Lipinski definition) is 2. The highest BCUT2D eigenvalue weighted by Crippen LogP contribution is 2.43. The van der Waals surface area contributed by atoms with E-state index in [1.807, 2.05) is 13.8 Å². The summed E-state index contributed by atoms with van der Waals surface area (Å²) in [6.45, 7) is 24.8. The van der Waals surface area contributed by atoms with Crippen LogP contribution in [0.5, 0.6) is 5.75 Å². The predicted octanol–water partition coefficient (Wildman–Crippen LogP) is 17.7. The molecule has 11 rings (SSSR count). The topological polar surface area (TPSA) is 52.2 Å². The summed E-state index contributed by atoms with van der Waals surface area (Å²) in [5.41, 5.74) is 21.3. The van der Waals surface area contributed by atoms with Crippen molar-refractivity contribution in [3.05, 3.63) is 257 Å². The maximum absolute atomic E-state index is 6.51. The molecule has 1 aromatic heterocycles. The largest absolute Gasteiger partial charge is 0.464 e. The van der Waals surface area contributed by atoms with Crippen molar-refractivity contribution in [1.82, 2.24) is 4.57 Å². The number of aromatic nitrogens is 1. The van der Waals surface area contributed by atoms with E-state index in [-0.39, 0.29) is 6.23 Å². The van der Waals surface area contributed by atoms with Crippen LogP contribution in [0, 0.1) is 5.92 Å². The number of allylic oxidation sites excluding steroid dienone is 3. The Kier molecular flexibility index (Phi) is 17.9. The second-order valence-corrected chi connectivity index (χ2v) is 16.2. The van der Waals surface area contributed by atoms with Crippen molar-refractivity contribution in [2.75, 3.05) is 12.4 Å². The smallest absolute Gasteiger partial charge is 0.196 e. The van der Waals surface area contributed by atoms with Crippen molar-refractivity contribution in [3.63, 3.8) is 0 Å². The van der Waals surface area contributed by atoms with Gasteiger partial charge in [-0.25, -0.2) is 0 Å². The molecule has 0 fully saturated rings. The molecular formula is C65H65N3O. The molecule has 0 saturated carbocycles. The molecule has 2 unspecified atom stereocenters. The summed E-state index contributed by atoms with van der Waals surface area (Å²) in [6.07, 6.45) is 8.97. The number of para-hydroxylation sites is 1. The first-order valence-corrected chi connectivity index (χ1v) is 23.5. The van der Waals surface area contributed by atoms with Gasteiger partial charge in [0.15, 0.2) is 6.23 Å². The lowest BCUT2D eigenvalue weighted by Gasteiger charge is -2.17. The number of ether oxygens (including phenoxy) is 1. The Morgan fingerprint density at radius 3 is 1.68 bits per heavy atom. The van der Waals surface area contributed by atoms with Gasteiger partial charge in [-0.2, -0.15) is 0 Å². The lowest BCUT2D eigenvalue weighted by Crippen LogP contribution is -2.09. The molecule has 69 heavy (non-hydrogen) atoms. The van der Waals surface area contributed by atoms with Gasteiger partial charge in [-0.05, 0) is 137 Å². The fraction of sp³-hybridized carbons (Fsp3) is 0.108. The summed E-state index contributed by atoms with van der Waals surface area (Å²) in [7, 11) is 1.50. The van der Waals surface area contributed by atoms with E-state index in [4.69, 9.17) is 4.74 Å². The van der Waals surface area contributed by atoms with Crippen LogP contribution >= 0.6 is 0 Å². The summed E-state index contributed by atoms with van der Waals surface area (Å²) < 4.78 is 8.94. The van der Waals surface area contributed by atoms with E-state index in [0.717, 1.165) is 29.0 Å². The first-order chi connectivity index (χ1) is 34.0. The lowest BCUT2D eigenvalue weighted by molar-refractivity contribution is 0.260. The lowest BCUT2D eigenvalue weighted by atomic mass is 9.89. The van der Waals surface area contributed by atoms with Crippen LogP contribution < -0.4 is 15.8 Å². The van der Waals surface area contributed by atoms with E-state index in [0.29, 0.717) is 5.92 Å². The number of anilines is 1. The summed E-state index contributed by atoms with van der Waals surface area (Å²) in [5, 5.41) is 7.42. The van der Waals surface area contributed by atoms with E-state index in [1.54, 1.807) is 12.2 Å². The second-order valence-electron chi connectivity index (χ2n) is 16.2. The zero-order valence-electron chi connectivity index (χ0n) is 40.7. The molecule has 4 nitrogen and oxygen atoms in total. The van der Waals surface area contributed by atoms with Crippen LogP contribution in [-0.4, -0.2) is 11.6 Å². The van der Waals surface area contributed by atoms with Crippen LogP contribution in [0.1, 0.15) is 43.8 Å². The summed E-state index contributed by atoms with van der Waals surface area (Å²) >= 11 is 0. The predicted molar refractivity (Wildman–Crippen MR) is 302 cm³/mol. The first kappa shape index (κ1) is 50.2. The van der Waals surface area contributed by atoms with Crippen LogP contribution in [0.3, 0.4) is 0 Å². The minimum atomic E-state index is -0.255. The molecule has 1 aliphatic carbocycles. The maximum atomic E-state index is 6.51. The SMILES string of the molecule is C=C.C=C.C=CC.C=CC.CC1C=Cc2c(c3ccccc3n2-c2ccc(-c3ccccc3-c3ccccc3-c3ccc(C4Nc5ccc(-c6ccc7ccccc7c6)cc5O4)cc3)cc2)C1.CN. The van der Waals surface area contributed by atoms with Crippen LogP contribution in [0.25, 0.3) is 77.9 Å². The number of fused-ring (bicyclic) bond motifs is 5. The number of nitrogens with two attached hydrogens (primary N) is 1. The van der Waals surface area contributed by atoms with Crippen LogP contribution in [0.2, 0.25) is 0 Å². The van der Waals surface area contributed by atoms with Gasteiger partial charge in [-0.3, -0.25) is 0 Å². The molecule has 2 heterocycles. The molecule has 0 bridgehead atoms. The van der Waals surface area contributed by atoms with Gasteiger partial charge < -0.3 is 20.4 Å². The van der Waals surface area contributed by atoms with Gasteiger partial charge in [0.25, 0.3) is 0 Å². The number of nitrogens with one attached hydrogen (secondary N) is 1. The van der Waals surface area contributed by atoms with Gasteiger partial charge in [-0.1, -0.05) is 171 Å². The molecule has 8 aromatic carbocycles. The molecule has 3 N–H and O–H groups in total. The van der Waals surface area contributed by atoms with Crippen molar-refractivity contribution in [2.45, 2.75) is 33.4 Å². The summed E-state index contributed by atoms with van der Waals surface area (Å²) in [4.78, 5) is 0. The van der Waals surface area contributed by atoms with Crippen LogP contribution in [0.4, 0.5) is 5.69 Å². The normalized spacial score (nSPS) is 13.5. The average Bonchev–Trinajstić information content (AvgIpc) is 4.00. The standard InChI is InChI=1S/C54H40N2O.2C3H6.2C2H4.CH5N/c1-35-18-31-52-49(32-35)48-16-8-9-17-51(48)56(52)43-28-25-38(26-29-43)45-13-5-7-15-47(45)46-14-6-4-12-44(46)37-20-22-39(23-21-37)54-55-50-30-27-42(34-53(50)57-54)41-24-19-36-10-2-3-11-40(36)33-41;2*1-3-2;3*1-2/h2-31,33-35,54-55H,32H2,1H3;2*3H,1H2,2H3;2*1-2H2;2H2,1H3. The van der Waals surface area contributed by atoms with Crippen molar-refractivity contribution in [1.29, 1.82) is 0 Å². The van der Waals surface area contributed by atoms with Gasteiger partial charge in [0, 0.05) is 22.3 Å². The van der Waals surface area contributed by atoms with E-state index >= 15 is 0 Å². The Morgan fingerprint density at radius 2 is 1.06 bits per heavy atom. The summed E-state index contributed by atoms with van der Waals surface area (Å²) in [6, 6.07) is 65.8. The molecule has 0 amide bonds. The van der Waals surface area contributed by atoms with Gasteiger partial charge in [0.2, 0.25) is 0 Å². The fourth-order valence-corrected chi connectivity index (χ4v) is 8.94. The first-order valence-electron chi connectivity index (χ1n) is 23.5. The summed E-state index contributed by atoms with van der Waals surface area (Å²) in [5.74, 6) is 1.42. The molecular weight excluding hydrogens is 839 g/mol. The molecule has 2 aliphatic rings. The van der Waals surface area contributed by atoms with E-state index in [1.165, 1.54) is 84.6 Å².